The van der Waals surface area contributed by atoms with Crippen LogP contribution in [0.25, 0.3) is 0 Å². The molecule has 1 aromatic carbocycles. The Morgan fingerprint density at radius 1 is 1.31 bits per heavy atom. The Kier molecular flexibility index (Phi) is 2.01. The van der Waals surface area contributed by atoms with Gasteiger partial charge in [-0.1, -0.05) is 24.3 Å². The topological polar surface area (TPSA) is 29.1 Å². The molecule has 0 saturated heterocycles. The number of hydrogen-bond donors (Lipinski definition) is 1. The molecule has 2 nitrogen and oxygen atoms in total. The zero-order chi connectivity index (χ0) is 9.31. The summed E-state index contributed by atoms with van der Waals surface area (Å²) in [6.07, 6.45) is 2.64. The van der Waals surface area contributed by atoms with E-state index in [0.717, 1.165) is 11.0 Å². The summed E-state index contributed by atoms with van der Waals surface area (Å²) in [5, 5.41) is 3.98. The summed E-state index contributed by atoms with van der Waals surface area (Å²) in [6, 6.07) is 9.61. The molecule has 68 valence electrons. The summed E-state index contributed by atoms with van der Waals surface area (Å²) in [5.74, 6) is 0. The normalized spacial score (nSPS) is 26.7. The molecule has 0 aliphatic carbocycles. The number of nitrogens with one attached hydrogen (secondary N) is 1. The van der Waals surface area contributed by atoms with Gasteiger partial charge in [0.05, 0.1) is 0 Å². The lowest BCUT2D eigenvalue weighted by molar-refractivity contribution is 0.580. The average molecular weight is 193 g/mol. The zero-order valence-corrected chi connectivity index (χ0v) is 8.42. The van der Waals surface area contributed by atoms with Crippen LogP contribution in [-0.2, 0) is 4.57 Å². The lowest BCUT2D eigenvalue weighted by atomic mass is 10.4. The van der Waals surface area contributed by atoms with Crippen molar-refractivity contribution in [1.29, 1.82) is 0 Å². The first-order valence-electron chi connectivity index (χ1n) is 4.30. The van der Waals surface area contributed by atoms with E-state index in [9.17, 15) is 4.57 Å². The number of rotatable bonds is 1. The lowest BCUT2D eigenvalue weighted by Gasteiger charge is -2.13. The molecule has 0 saturated carbocycles. The predicted octanol–water partition coefficient (Wildman–Crippen LogP) is 2.10. The van der Waals surface area contributed by atoms with Gasteiger partial charge < -0.3 is 5.09 Å². The van der Waals surface area contributed by atoms with E-state index >= 15 is 0 Å². The Bertz CT molecular complexity index is 383. The van der Waals surface area contributed by atoms with Crippen molar-refractivity contribution in [3.8, 4) is 0 Å². The van der Waals surface area contributed by atoms with Crippen LogP contribution in [0.1, 0.15) is 6.92 Å². The monoisotopic (exact) mass is 193 g/mol. The molecule has 0 radical (unpaired) electrons. The lowest BCUT2D eigenvalue weighted by Crippen LogP contribution is -2.14. The second-order valence-electron chi connectivity index (χ2n) is 3.26. The third-order valence-electron chi connectivity index (χ3n) is 2.18. The number of allylic oxidation sites excluding steroid dienone is 2. The van der Waals surface area contributed by atoms with Crippen molar-refractivity contribution in [1.82, 2.24) is 5.09 Å². The molecular formula is C10H12NOP. The van der Waals surface area contributed by atoms with Gasteiger partial charge in [-0.25, -0.2) is 0 Å². The van der Waals surface area contributed by atoms with Gasteiger partial charge in [0.2, 0.25) is 7.29 Å². The summed E-state index contributed by atoms with van der Waals surface area (Å²) >= 11 is 0. The van der Waals surface area contributed by atoms with Crippen LogP contribution in [0, 0.1) is 0 Å². The Morgan fingerprint density at radius 2 is 2.00 bits per heavy atom. The molecular weight excluding hydrogens is 181 g/mol. The summed E-state index contributed by atoms with van der Waals surface area (Å²) in [7, 11) is -2.32. The van der Waals surface area contributed by atoms with Crippen LogP contribution in [0.2, 0.25) is 0 Å². The van der Waals surface area contributed by atoms with Crippen LogP contribution in [0.15, 0.2) is 42.1 Å². The third kappa shape index (κ3) is 1.54. The van der Waals surface area contributed by atoms with Crippen molar-refractivity contribution >= 4 is 12.6 Å². The molecule has 0 amide bonds. The molecule has 13 heavy (non-hydrogen) atoms. The maximum absolute atomic E-state index is 12.3. The first kappa shape index (κ1) is 8.58. The van der Waals surface area contributed by atoms with Crippen molar-refractivity contribution in [2.45, 2.75) is 6.92 Å². The SMILES string of the molecule is CC1=CCP(=O)(c2ccccc2)N1. The van der Waals surface area contributed by atoms with Gasteiger partial charge in [-0.05, 0) is 19.1 Å². The highest BCUT2D eigenvalue weighted by Gasteiger charge is 2.27. The van der Waals surface area contributed by atoms with E-state index in [0.29, 0.717) is 6.16 Å². The summed E-state index contributed by atoms with van der Waals surface area (Å²) < 4.78 is 12.3. The van der Waals surface area contributed by atoms with Crippen molar-refractivity contribution in [3.63, 3.8) is 0 Å². The van der Waals surface area contributed by atoms with Crippen molar-refractivity contribution in [3.05, 3.63) is 42.1 Å². The molecule has 1 atom stereocenters. The fourth-order valence-corrected chi connectivity index (χ4v) is 3.76. The highest BCUT2D eigenvalue weighted by Crippen LogP contribution is 2.44. The standard InChI is InChI=1S/C10H12NOP/c1-9-7-8-13(12,11-9)10-5-3-2-4-6-10/h2-7H,8H2,1H3,(H,11,12). The molecule has 0 bridgehead atoms. The molecule has 1 aliphatic rings. The average Bonchev–Trinajstić information content (AvgIpc) is 2.49. The van der Waals surface area contributed by atoms with E-state index < -0.39 is 7.29 Å². The van der Waals surface area contributed by atoms with Gasteiger partial charge in [0.25, 0.3) is 0 Å². The zero-order valence-electron chi connectivity index (χ0n) is 7.53. The van der Waals surface area contributed by atoms with Crippen molar-refractivity contribution in [2.75, 3.05) is 6.16 Å². The Hall–Kier alpha value is -1.01. The van der Waals surface area contributed by atoms with Crippen molar-refractivity contribution in [2.24, 2.45) is 0 Å². The second kappa shape index (κ2) is 3.04. The number of benzene rings is 1. The summed E-state index contributed by atoms with van der Waals surface area (Å²) in [6.45, 7) is 1.95. The van der Waals surface area contributed by atoms with Crippen LogP contribution >= 0.6 is 7.29 Å². The van der Waals surface area contributed by atoms with Gasteiger partial charge in [-0.2, -0.15) is 0 Å². The van der Waals surface area contributed by atoms with E-state index in [1.54, 1.807) is 0 Å². The third-order valence-corrected chi connectivity index (χ3v) is 4.73. The van der Waals surface area contributed by atoms with Crippen LogP contribution in [0.3, 0.4) is 0 Å². The fraction of sp³-hybridized carbons (Fsp3) is 0.200. The fourth-order valence-electron chi connectivity index (χ4n) is 1.48. The van der Waals surface area contributed by atoms with Gasteiger partial charge in [0, 0.05) is 17.2 Å². The highest BCUT2D eigenvalue weighted by atomic mass is 31.2. The minimum atomic E-state index is -2.32. The van der Waals surface area contributed by atoms with Gasteiger partial charge >= 0.3 is 0 Å². The molecule has 2 rings (SSSR count). The first-order valence-corrected chi connectivity index (χ1v) is 6.20. The van der Waals surface area contributed by atoms with Crippen LogP contribution in [0.5, 0.6) is 0 Å². The highest BCUT2D eigenvalue weighted by molar-refractivity contribution is 7.70. The van der Waals surface area contributed by atoms with Crippen LogP contribution < -0.4 is 10.4 Å². The largest absolute Gasteiger partial charge is 0.337 e. The molecule has 0 spiro atoms. The van der Waals surface area contributed by atoms with Crippen LogP contribution in [-0.4, -0.2) is 6.16 Å². The van der Waals surface area contributed by atoms with Gasteiger partial charge in [0.15, 0.2) is 0 Å². The molecule has 0 fully saturated rings. The molecule has 1 aromatic rings. The van der Waals surface area contributed by atoms with E-state index in [4.69, 9.17) is 0 Å². The summed E-state index contributed by atoms with van der Waals surface area (Å²) in [4.78, 5) is 0. The molecule has 3 heteroatoms. The molecule has 0 aromatic heterocycles. The minimum Gasteiger partial charge on any atom is -0.337 e. The quantitative estimate of drug-likeness (QED) is 0.692. The van der Waals surface area contributed by atoms with E-state index in [1.807, 2.05) is 43.3 Å². The molecule has 1 N–H and O–H groups in total. The van der Waals surface area contributed by atoms with Crippen LogP contribution in [0.4, 0.5) is 0 Å². The van der Waals surface area contributed by atoms with Gasteiger partial charge in [-0.15, -0.1) is 0 Å². The smallest absolute Gasteiger partial charge is 0.201 e. The minimum absolute atomic E-state index is 0.642. The Morgan fingerprint density at radius 3 is 2.54 bits per heavy atom. The maximum Gasteiger partial charge on any atom is 0.201 e. The van der Waals surface area contributed by atoms with E-state index in [-0.39, 0.29) is 0 Å². The molecule has 1 unspecified atom stereocenters. The maximum atomic E-state index is 12.3. The van der Waals surface area contributed by atoms with Gasteiger partial charge in [0.1, 0.15) is 0 Å². The van der Waals surface area contributed by atoms with Crippen molar-refractivity contribution < 1.29 is 4.57 Å². The second-order valence-corrected chi connectivity index (χ2v) is 5.84. The number of hydrogen-bond acceptors (Lipinski definition) is 1. The summed E-state index contributed by atoms with van der Waals surface area (Å²) in [5.41, 5.74) is 1.02. The molecule has 1 aliphatic heterocycles. The van der Waals surface area contributed by atoms with Gasteiger partial charge in [-0.3, -0.25) is 4.57 Å². The van der Waals surface area contributed by atoms with E-state index in [1.165, 1.54) is 0 Å². The first-order chi connectivity index (χ1) is 6.21. The van der Waals surface area contributed by atoms with E-state index in [2.05, 4.69) is 5.09 Å². The molecule has 1 heterocycles. The predicted molar refractivity (Wildman–Crippen MR) is 55.4 cm³/mol. The Labute approximate surface area is 78.1 Å². The Balaban J connectivity index is 2.34.